The van der Waals surface area contributed by atoms with Crippen molar-refractivity contribution < 1.29 is 4.79 Å². The molecule has 1 aromatic carbocycles. The summed E-state index contributed by atoms with van der Waals surface area (Å²) in [7, 11) is 1.91. The van der Waals surface area contributed by atoms with Crippen molar-refractivity contribution in [2.24, 2.45) is 0 Å². The molecule has 6 heteroatoms. The molecule has 0 spiro atoms. The highest BCUT2D eigenvalue weighted by atomic mass is 35.5. The molecule has 2 aliphatic rings. The van der Waals surface area contributed by atoms with Gasteiger partial charge >= 0.3 is 6.03 Å². The largest absolute Gasteiger partial charge is 0.335 e. The van der Waals surface area contributed by atoms with Crippen LogP contribution >= 0.6 is 23.2 Å². The Labute approximate surface area is 159 Å². The lowest BCUT2D eigenvalue weighted by Gasteiger charge is -2.33. The van der Waals surface area contributed by atoms with Gasteiger partial charge in [-0.1, -0.05) is 29.3 Å². The van der Waals surface area contributed by atoms with Gasteiger partial charge in [0.25, 0.3) is 0 Å². The number of halogens is 2. The molecule has 0 saturated carbocycles. The summed E-state index contributed by atoms with van der Waals surface area (Å²) in [6.07, 6.45) is 6.93. The zero-order chi connectivity index (χ0) is 17.8. The summed E-state index contributed by atoms with van der Waals surface area (Å²) in [4.78, 5) is 14.4. The van der Waals surface area contributed by atoms with Crippen LogP contribution in [0.25, 0.3) is 5.57 Å². The van der Waals surface area contributed by atoms with E-state index < -0.39 is 0 Å². The van der Waals surface area contributed by atoms with Crippen molar-refractivity contribution in [1.82, 2.24) is 15.5 Å². The minimum Gasteiger partial charge on any atom is -0.335 e. The Kier molecular flexibility index (Phi) is 6.26. The van der Waals surface area contributed by atoms with E-state index in [1.807, 2.05) is 24.1 Å². The number of hydrogen-bond acceptors (Lipinski definition) is 2. The first kappa shape index (κ1) is 18.6. The molecule has 2 amide bonds. The van der Waals surface area contributed by atoms with E-state index in [1.54, 1.807) is 6.07 Å². The molecule has 1 aromatic rings. The fraction of sp³-hybridized carbons (Fsp3) is 0.526. The van der Waals surface area contributed by atoms with Crippen molar-refractivity contribution in [3.8, 4) is 0 Å². The Morgan fingerprint density at radius 1 is 1.16 bits per heavy atom. The predicted octanol–water partition coefficient (Wildman–Crippen LogP) is 4.32. The van der Waals surface area contributed by atoms with E-state index in [2.05, 4.69) is 16.7 Å². The van der Waals surface area contributed by atoms with Crippen molar-refractivity contribution in [1.29, 1.82) is 0 Å². The number of urea groups is 1. The van der Waals surface area contributed by atoms with Crippen LogP contribution in [0.1, 0.15) is 37.7 Å². The van der Waals surface area contributed by atoms with Crippen molar-refractivity contribution in [2.45, 2.75) is 44.2 Å². The normalized spacial score (nSPS) is 21.6. The van der Waals surface area contributed by atoms with E-state index >= 15 is 0 Å². The maximum Gasteiger partial charge on any atom is 0.317 e. The van der Waals surface area contributed by atoms with Gasteiger partial charge < -0.3 is 15.5 Å². The van der Waals surface area contributed by atoms with E-state index in [4.69, 9.17) is 23.2 Å². The Morgan fingerprint density at radius 3 is 2.44 bits per heavy atom. The average molecular weight is 382 g/mol. The number of hydrogen-bond donors (Lipinski definition) is 2. The molecule has 1 saturated heterocycles. The molecule has 25 heavy (non-hydrogen) atoms. The molecule has 0 radical (unpaired) electrons. The van der Waals surface area contributed by atoms with Crippen molar-refractivity contribution >= 4 is 34.8 Å². The summed E-state index contributed by atoms with van der Waals surface area (Å²) < 4.78 is 0. The van der Waals surface area contributed by atoms with Crippen LogP contribution in [0.2, 0.25) is 10.0 Å². The molecule has 2 N–H and O–H groups in total. The van der Waals surface area contributed by atoms with Gasteiger partial charge in [0.05, 0.1) is 0 Å². The fourth-order valence-electron chi connectivity index (χ4n) is 3.60. The summed E-state index contributed by atoms with van der Waals surface area (Å²) in [5, 5.41) is 7.82. The number of nitrogens with one attached hydrogen (secondary N) is 2. The Bertz CT molecular complexity index is 636. The number of carbonyl (C=O) groups is 1. The number of allylic oxidation sites excluding steroid dienone is 1. The van der Waals surface area contributed by atoms with Crippen LogP contribution in [0.4, 0.5) is 4.79 Å². The minimum atomic E-state index is 0.0413. The summed E-state index contributed by atoms with van der Waals surface area (Å²) in [5.41, 5.74) is 2.33. The maximum atomic E-state index is 12.5. The standard InChI is InChI=1S/C19H25Cl2N3O/c1-24(18-6-8-22-9-7-18)19(25)23-17-4-2-13(3-5-17)14-10-15(20)12-16(21)11-14/h2,10-12,17-18,22H,3-9H2,1H3,(H,23,25). The topological polar surface area (TPSA) is 44.4 Å². The summed E-state index contributed by atoms with van der Waals surface area (Å²) in [6.45, 7) is 1.97. The zero-order valence-corrected chi connectivity index (χ0v) is 16.0. The number of piperidine rings is 1. The van der Waals surface area contributed by atoms with Gasteiger partial charge in [0.1, 0.15) is 0 Å². The third-order valence-corrected chi connectivity index (χ3v) is 5.59. The Hall–Kier alpha value is -1.23. The fourth-order valence-corrected chi connectivity index (χ4v) is 4.13. The number of benzene rings is 1. The first-order chi connectivity index (χ1) is 12.0. The molecular formula is C19H25Cl2N3O. The molecule has 136 valence electrons. The van der Waals surface area contributed by atoms with Crippen molar-refractivity contribution in [3.63, 3.8) is 0 Å². The lowest BCUT2D eigenvalue weighted by molar-refractivity contribution is 0.172. The Morgan fingerprint density at radius 2 is 1.84 bits per heavy atom. The third-order valence-electron chi connectivity index (χ3n) is 5.15. The van der Waals surface area contributed by atoms with Crippen molar-refractivity contribution in [3.05, 3.63) is 39.9 Å². The van der Waals surface area contributed by atoms with Crippen LogP contribution in [-0.4, -0.2) is 43.2 Å². The molecule has 4 nitrogen and oxygen atoms in total. The Balaban J connectivity index is 1.56. The van der Waals surface area contributed by atoms with Gasteiger partial charge in [-0.05, 0) is 74.5 Å². The predicted molar refractivity (Wildman–Crippen MR) is 104 cm³/mol. The van der Waals surface area contributed by atoms with E-state index in [0.29, 0.717) is 16.1 Å². The SMILES string of the molecule is CN(C(=O)NC1CC=C(c2cc(Cl)cc(Cl)c2)CC1)C1CCNCC1. The maximum absolute atomic E-state index is 12.5. The minimum absolute atomic E-state index is 0.0413. The second-order valence-electron chi connectivity index (χ2n) is 6.90. The van der Waals surface area contributed by atoms with E-state index in [9.17, 15) is 4.79 Å². The molecule has 1 heterocycles. The van der Waals surface area contributed by atoms with Crippen LogP contribution in [0.5, 0.6) is 0 Å². The highest BCUT2D eigenvalue weighted by Crippen LogP contribution is 2.31. The van der Waals surface area contributed by atoms with Crippen molar-refractivity contribution in [2.75, 3.05) is 20.1 Å². The highest BCUT2D eigenvalue weighted by Gasteiger charge is 2.24. The molecule has 1 fully saturated rings. The second-order valence-corrected chi connectivity index (χ2v) is 7.77. The van der Waals surface area contributed by atoms with Gasteiger partial charge in [-0.25, -0.2) is 4.79 Å². The third kappa shape index (κ3) is 4.90. The molecule has 0 aromatic heterocycles. The van der Waals surface area contributed by atoms with Crippen LogP contribution < -0.4 is 10.6 Å². The van der Waals surface area contributed by atoms with Crippen LogP contribution in [0, 0.1) is 0 Å². The highest BCUT2D eigenvalue weighted by molar-refractivity contribution is 6.34. The summed E-state index contributed by atoms with van der Waals surface area (Å²) in [5.74, 6) is 0. The first-order valence-electron chi connectivity index (χ1n) is 8.92. The van der Waals surface area contributed by atoms with Gasteiger partial charge in [-0.2, -0.15) is 0 Å². The molecule has 1 atom stereocenters. The molecule has 1 aliphatic carbocycles. The van der Waals surface area contributed by atoms with Crippen LogP contribution in [-0.2, 0) is 0 Å². The average Bonchev–Trinajstić information content (AvgIpc) is 2.61. The van der Waals surface area contributed by atoms with E-state index in [-0.39, 0.29) is 12.1 Å². The number of carbonyl (C=O) groups excluding carboxylic acids is 1. The quantitative estimate of drug-likeness (QED) is 0.818. The second kappa shape index (κ2) is 8.43. The molecule has 1 aliphatic heterocycles. The van der Waals surface area contributed by atoms with Gasteiger partial charge in [-0.3, -0.25) is 0 Å². The molecule has 0 bridgehead atoms. The smallest absolute Gasteiger partial charge is 0.317 e. The number of nitrogens with zero attached hydrogens (tertiary/aromatic N) is 1. The van der Waals surface area contributed by atoms with E-state index in [0.717, 1.165) is 50.8 Å². The lowest BCUT2D eigenvalue weighted by Crippen LogP contribution is -2.50. The summed E-state index contributed by atoms with van der Waals surface area (Å²) in [6, 6.07) is 6.21. The van der Waals surface area contributed by atoms with Gasteiger partial charge in [0.2, 0.25) is 0 Å². The zero-order valence-electron chi connectivity index (χ0n) is 14.5. The van der Waals surface area contributed by atoms with E-state index in [1.165, 1.54) is 5.57 Å². The summed E-state index contributed by atoms with van der Waals surface area (Å²) >= 11 is 12.2. The van der Waals surface area contributed by atoms with Gasteiger partial charge in [-0.15, -0.1) is 0 Å². The first-order valence-corrected chi connectivity index (χ1v) is 9.68. The van der Waals surface area contributed by atoms with Gasteiger partial charge in [0, 0.05) is 29.2 Å². The van der Waals surface area contributed by atoms with Crippen LogP contribution in [0.3, 0.4) is 0 Å². The number of rotatable bonds is 3. The molecular weight excluding hydrogens is 357 g/mol. The lowest BCUT2D eigenvalue weighted by atomic mass is 9.91. The molecule has 1 unspecified atom stereocenters. The number of amides is 2. The molecule has 3 rings (SSSR count). The van der Waals surface area contributed by atoms with Crippen LogP contribution in [0.15, 0.2) is 24.3 Å². The van der Waals surface area contributed by atoms with Gasteiger partial charge in [0.15, 0.2) is 0 Å². The monoisotopic (exact) mass is 381 g/mol.